The van der Waals surface area contributed by atoms with Crippen LogP contribution < -0.4 is 14.8 Å². The Hall–Kier alpha value is -3.63. The highest BCUT2D eigenvalue weighted by Crippen LogP contribution is 2.30. The predicted molar refractivity (Wildman–Crippen MR) is 113 cm³/mol. The second-order valence-corrected chi connectivity index (χ2v) is 7.24. The summed E-state index contributed by atoms with van der Waals surface area (Å²) in [4.78, 5) is 29.5. The molecule has 10 heteroatoms. The van der Waals surface area contributed by atoms with E-state index in [2.05, 4.69) is 25.3 Å². The molecule has 0 bridgehead atoms. The van der Waals surface area contributed by atoms with E-state index >= 15 is 0 Å². The van der Waals surface area contributed by atoms with Gasteiger partial charge in [-0.25, -0.2) is 15.0 Å². The molecular weight excluding hydrogens is 414 g/mol. The summed E-state index contributed by atoms with van der Waals surface area (Å²) in [6.45, 7) is 2.93. The van der Waals surface area contributed by atoms with Gasteiger partial charge in [0.1, 0.15) is 5.75 Å². The first-order valence-electron chi connectivity index (χ1n) is 10.2. The Bertz CT molecular complexity index is 1070. The molecule has 0 aliphatic carbocycles. The van der Waals surface area contributed by atoms with Crippen molar-refractivity contribution >= 4 is 5.91 Å². The molecule has 1 amide bonds. The minimum Gasteiger partial charge on any atom is -0.488 e. The number of aliphatic hydroxyl groups is 1. The molecule has 1 atom stereocenters. The molecule has 166 valence electrons. The van der Waals surface area contributed by atoms with Crippen LogP contribution in [0.15, 0.2) is 49.2 Å². The first-order valence-corrected chi connectivity index (χ1v) is 10.2. The van der Waals surface area contributed by atoms with Gasteiger partial charge in [-0.1, -0.05) is 0 Å². The lowest BCUT2D eigenvalue weighted by molar-refractivity contribution is 0.0789. The third kappa shape index (κ3) is 4.82. The summed E-state index contributed by atoms with van der Waals surface area (Å²) in [5.41, 5.74) is 0.125. The summed E-state index contributed by atoms with van der Waals surface area (Å²) < 4.78 is 16.7. The molecule has 1 saturated heterocycles. The molecule has 10 nitrogen and oxygen atoms in total. The van der Waals surface area contributed by atoms with E-state index in [1.165, 1.54) is 12.4 Å². The number of carbonyl (C=O) groups excluding carboxylic acids is 1. The summed E-state index contributed by atoms with van der Waals surface area (Å²) in [6, 6.07) is 5.26. The fraction of sp³-hybridized carbons (Fsp3) is 0.318. The summed E-state index contributed by atoms with van der Waals surface area (Å²) in [5, 5.41) is 12.5. The number of hydrogen-bond donors (Lipinski definition) is 2. The van der Waals surface area contributed by atoms with Crippen molar-refractivity contribution in [2.75, 3.05) is 26.4 Å². The zero-order valence-electron chi connectivity index (χ0n) is 17.5. The van der Waals surface area contributed by atoms with E-state index in [9.17, 15) is 9.90 Å². The molecular formula is C22H23N5O5. The molecule has 4 heterocycles. The second kappa shape index (κ2) is 9.67. The normalized spacial score (nSPS) is 17.7. The van der Waals surface area contributed by atoms with Crippen molar-refractivity contribution in [1.82, 2.24) is 25.3 Å². The molecule has 0 saturated carbocycles. The molecule has 2 N–H and O–H groups in total. The Kier molecular flexibility index (Phi) is 6.52. The van der Waals surface area contributed by atoms with E-state index < -0.39 is 5.54 Å². The van der Waals surface area contributed by atoms with Gasteiger partial charge in [0.15, 0.2) is 11.6 Å². The van der Waals surface area contributed by atoms with Crippen LogP contribution in [-0.4, -0.2) is 62.9 Å². The number of ether oxygens (including phenoxy) is 3. The highest BCUT2D eigenvalue weighted by atomic mass is 16.5. The van der Waals surface area contributed by atoms with Crippen molar-refractivity contribution in [3.8, 4) is 28.8 Å². The van der Waals surface area contributed by atoms with Crippen molar-refractivity contribution in [2.24, 2.45) is 0 Å². The van der Waals surface area contributed by atoms with Crippen LogP contribution in [0.4, 0.5) is 0 Å². The van der Waals surface area contributed by atoms with Gasteiger partial charge in [-0.3, -0.25) is 9.78 Å². The first kappa shape index (κ1) is 21.6. The molecule has 1 aliphatic rings. The second-order valence-electron chi connectivity index (χ2n) is 7.24. The molecule has 1 unspecified atom stereocenters. The zero-order valence-corrected chi connectivity index (χ0v) is 17.5. The topological polar surface area (TPSA) is 129 Å². The molecule has 3 aromatic rings. The monoisotopic (exact) mass is 437 g/mol. The Morgan fingerprint density at radius 2 is 2.09 bits per heavy atom. The average Bonchev–Trinajstić information content (AvgIpc) is 3.30. The fourth-order valence-corrected chi connectivity index (χ4v) is 3.20. The van der Waals surface area contributed by atoms with Crippen LogP contribution in [0, 0.1) is 0 Å². The van der Waals surface area contributed by atoms with Crippen LogP contribution in [-0.2, 0) is 4.74 Å². The number of nitrogens with zero attached hydrogens (tertiary/aromatic N) is 4. The molecule has 0 aromatic carbocycles. The van der Waals surface area contributed by atoms with Crippen molar-refractivity contribution in [3.63, 3.8) is 0 Å². The third-order valence-corrected chi connectivity index (χ3v) is 4.92. The van der Waals surface area contributed by atoms with Gasteiger partial charge < -0.3 is 24.6 Å². The van der Waals surface area contributed by atoms with E-state index in [4.69, 9.17) is 14.2 Å². The largest absolute Gasteiger partial charge is 0.488 e. The van der Waals surface area contributed by atoms with Gasteiger partial charge in [0, 0.05) is 37.0 Å². The standard InChI is InChI=1S/C22H23N5O5/c1-2-31-18-4-3-6-24-21(18)32-17-8-15(9-23-12-17)19-25-10-16(11-26-19)20(29)27-22(13-28)5-7-30-14-22/h3-4,6,8-12,28H,2,5,7,13-14H2,1H3,(H,27,29). The van der Waals surface area contributed by atoms with E-state index in [-0.39, 0.29) is 24.7 Å². The first-order chi connectivity index (χ1) is 15.6. The number of nitrogens with one attached hydrogen (secondary N) is 1. The lowest BCUT2D eigenvalue weighted by atomic mass is 9.99. The molecule has 1 aliphatic heterocycles. The van der Waals surface area contributed by atoms with Crippen LogP contribution in [0.5, 0.6) is 17.4 Å². The summed E-state index contributed by atoms with van der Waals surface area (Å²) in [6.07, 6.45) is 8.17. The number of pyridine rings is 2. The van der Waals surface area contributed by atoms with Crippen LogP contribution in [0.1, 0.15) is 23.7 Å². The fourth-order valence-electron chi connectivity index (χ4n) is 3.20. The smallest absolute Gasteiger partial charge is 0.262 e. The lowest BCUT2D eigenvalue weighted by Gasteiger charge is -2.26. The molecule has 0 spiro atoms. The highest BCUT2D eigenvalue weighted by Gasteiger charge is 2.36. The van der Waals surface area contributed by atoms with E-state index in [1.807, 2.05) is 6.92 Å². The summed E-state index contributed by atoms with van der Waals surface area (Å²) in [5.74, 6) is 1.31. The minimum absolute atomic E-state index is 0.197. The van der Waals surface area contributed by atoms with E-state index in [1.54, 1.807) is 36.8 Å². The molecule has 1 fully saturated rings. The number of aromatic nitrogens is 4. The van der Waals surface area contributed by atoms with Gasteiger partial charge in [-0.15, -0.1) is 0 Å². The zero-order chi connectivity index (χ0) is 22.4. The highest BCUT2D eigenvalue weighted by molar-refractivity contribution is 5.94. The van der Waals surface area contributed by atoms with Gasteiger partial charge in [-0.2, -0.15) is 0 Å². The van der Waals surface area contributed by atoms with Gasteiger partial charge in [0.2, 0.25) is 0 Å². The Morgan fingerprint density at radius 3 is 2.81 bits per heavy atom. The molecule has 4 rings (SSSR count). The number of amides is 1. The molecule has 32 heavy (non-hydrogen) atoms. The van der Waals surface area contributed by atoms with E-state index in [0.29, 0.717) is 48.4 Å². The van der Waals surface area contributed by atoms with Crippen LogP contribution >= 0.6 is 0 Å². The van der Waals surface area contributed by atoms with Crippen molar-refractivity contribution in [2.45, 2.75) is 18.9 Å². The van der Waals surface area contributed by atoms with Crippen molar-refractivity contribution in [1.29, 1.82) is 0 Å². The van der Waals surface area contributed by atoms with Gasteiger partial charge >= 0.3 is 0 Å². The Balaban J connectivity index is 1.48. The molecule has 0 radical (unpaired) electrons. The van der Waals surface area contributed by atoms with Gasteiger partial charge in [-0.05, 0) is 31.5 Å². The van der Waals surface area contributed by atoms with Crippen LogP contribution in [0.25, 0.3) is 11.4 Å². The van der Waals surface area contributed by atoms with Crippen molar-refractivity contribution < 1.29 is 24.1 Å². The summed E-state index contributed by atoms with van der Waals surface area (Å²) in [7, 11) is 0. The van der Waals surface area contributed by atoms with Gasteiger partial charge in [0.05, 0.1) is 37.1 Å². The number of carbonyl (C=O) groups is 1. The molecule has 3 aromatic heterocycles. The Morgan fingerprint density at radius 1 is 1.25 bits per heavy atom. The third-order valence-electron chi connectivity index (χ3n) is 4.92. The summed E-state index contributed by atoms with van der Waals surface area (Å²) >= 11 is 0. The average molecular weight is 437 g/mol. The number of rotatable bonds is 8. The van der Waals surface area contributed by atoms with Crippen molar-refractivity contribution in [3.05, 3.63) is 54.7 Å². The predicted octanol–water partition coefficient (Wildman–Crippen LogP) is 2.01. The number of hydrogen-bond acceptors (Lipinski definition) is 9. The number of aliphatic hydroxyl groups excluding tert-OH is 1. The van der Waals surface area contributed by atoms with Gasteiger partial charge in [0.25, 0.3) is 11.8 Å². The Labute approximate surface area is 184 Å². The lowest BCUT2D eigenvalue weighted by Crippen LogP contribution is -2.52. The van der Waals surface area contributed by atoms with E-state index in [0.717, 1.165) is 0 Å². The maximum absolute atomic E-state index is 12.5. The minimum atomic E-state index is -0.767. The van der Waals surface area contributed by atoms with Crippen LogP contribution in [0.2, 0.25) is 0 Å². The maximum Gasteiger partial charge on any atom is 0.262 e. The maximum atomic E-state index is 12.5. The SMILES string of the molecule is CCOc1cccnc1Oc1cncc(-c2ncc(C(=O)NC3(CO)CCOC3)cn2)c1. The van der Waals surface area contributed by atoms with Crippen LogP contribution in [0.3, 0.4) is 0 Å². The quantitative estimate of drug-likeness (QED) is 0.544.